The van der Waals surface area contributed by atoms with Crippen LogP contribution in [0.1, 0.15) is 34.7 Å². The maximum atomic E-state index is 13.4. The molecule has 0 bridgehead atoms. The van der Waals surface area contributed by atoms with E-state index in [1.54, 1.807) is 25.2 Å². The minimum absolute atomic E-state index is 0.290. The molecule has 2 atom stereocenters. The minimum Gasteiger partial charge on any atom is -0.455 e. The lowest BCUT2D eigenvalue weighted by Gasteiger charge is -2.23. The van der Waals surface area contributed by atoms with Crippen molar-refractivity contribution < 1.29 is 22.0 Å². The summed E-state index contributed by atoms with van der Waals surface area (Å²) in [6.07, 6.45) is 3.05. The Kier molecular flexibility index (Phi) is 4.18. The third-order valence-corrected chi connectivity index (χ3v) is 7.27. The molecular formula is C22H21FN2O4S. The van der Waals surface area contributed by atoms with Gasteiger partial charge in [-0.25, -0.2) is 12.8 Å². The lowest BCUT2D eigenvalue weighted by atomic mass is 10.00. The first kappa shape index (κ1) is 19.1. The van der Waals surface area contributed by atoms with Crippen LogP contribution in [0, 0.1) is 11.7 Å². The maximum Gasteiger partial charge on any atom is 0.255 e. The topological polar surface area (TPSA) is 79.6 Å². The quantitative estimate of drug-likeness (QED) is 0.687. The van der Waals surface area contributed by atoms with Crippen molar-refractivity contribution in [2.75, 3.05) is 24.2 Å². The van der Waals surface area contributed by atoms with Gasteiger partial charge in [0, 0.05) is 30.6 Å². The van der Waals surface area contributed by atoms with Crippen molar-refractivity contribution in [2.45, 2.75) is 18.8 Å². The molecule has 1 N–H and O–H groups in total. The van der Waals surface area contributed by atoms with Crippen LogP contribution < -0.4 is 9.62 Å². The number of sulfonamides is 1. The van der Waals surface area contributed by atoms with Crippen LogP contribution in [0.4, 0.5) is 10.1 Å². The normalized spacial score (nSPS) is 20.4. The van der Waals surface area contributed by atoms with Crippen molar-refractivity contribution in [3.63, 3.8) is 0 Å². The molecule has 1 saturated carbocycles. The van der Waals surface area contributed by atoms with E-state index in [1.165, 1.54) is 22.7 Å². The number of furan rings is 1. The average Bonchev–Trinajstić information content (AvgIpc) is 3.39. The largest absolute Gasteiger partial charge is 0.455 e. The van der Waals surface area contributed by atoms with Crippen LogP contribution in [0.15, 0.2) is 40.8 Å². The highest BCUT2D eigenvalue weighted by Crippen LogP contribution is 2.56. The fourth-order valence-corrected chi connectivity index (χ4v) is 5.46. The summed E-state index contributed by atoms with van der Waals surface area (Å²) in [7, 11) is -1.90. The second-order valence-corrected chi connectivity index (χ2v) is 9.93. The highest BCUT2D eigenvalue weighted by atomic mass is 32.2. The highest BCUT2D eigenvalue weighted by molar-refractivity contribution is 7.92. The van der Waals surface area contributed by atoms with E-state index in [0.717, 1.165) is 18.4 Å². The van der Waals surface area contributed by atoms with E-state index < -0.39 is 10.0 Å². The van der Waals surface area contributed by atoms with Crippen molar-refractivity contribution in [3.8, 4) is 11.3 Å². The standard InChI is InChI=1S/C22H21FN2O4S/c1-24-22(26)20-17-10-16-15-9-13(15)7-8-25(30(2,27)28)18(16)11-19(17)29-21(20)12-3-5-14(23)6-4-12/h3-6,10-11,13,15H,7-9H2,1-2H3,(H,24,26)/t13-,15+/m0/s1. The molecule has 2 heterocycles. The molecule has 5 rings (SSSR count). The zero-order valence-corrected chi connectivity index (χ0v) is 17.4. The summed E-state index contributed by atoms with van der Waals surface area (Å²) in [6, 6.07) is 9.37. The van der Waals surface area contributed by atoms with Gasteiger partial charge in [-0.2, -0.15) is 0 Å². The second-order valence-electron chi connectivity index (χ2n) is 8.03. The molecule has 1 aromatic heterocycles. The van der Waals surface area contributed by atoms with E-state index in [-0.39, 0.29) is 17.6 Å². The lowest BCUT2D eigenvalue weighted by Crippen LogP contribution is -2.31. The third-order valence-electron chi connectivity index (χ3n) is 6.09. The Morgan fingerprint density at radius 1 is 1.23 bits per heavy atom. The Bertz CT molecular complexity index is 1280. The Morgan fingerprint density at radius 3 is 2.63 bits per heavy atom. The van der Waals surface area contributed by atoms with E-state index in [1.807, 2.05) is 6.07 Å². The predicted octanol–water partition coefficient (Wildman–Crippen LogP) is 3.87. The summed E-state index contributed by atoms with van der Waals surface area (Å²) in [4.78, 5) is 12.7. The number of benzene rings is 2. The number of hydrogen-bond acceptors (Lipinski definition) is 4. The first-order valence-corrected chi connectivity index (χ1v) is 11.7. The van der Waals surface area contributed by atoms with Crippen molar-refractivity contribution in [1.82, 2.24) is 5.32 Å². The smallest absolute Gasteiger partial charge is 0.255 e. The first-order chi connectivity index (χ1) is 14.3. The van der Waals surface area contributed by atoms with E-state index >= 15 is 0 Å². The van der Waals surface area contributed by atoms with Gasteiger partial charge in [0.25, 0.3) is 5.91 Å². The molecule has 1 amide bonds. The molecule has 1 aliphatic heterocycles. The van der Waals surface area contributed by atoms with Crippen LogP contribution in [0.2, 0.25) is 0 Å². The Hall–Kier alpha value is -2.87. The summed E-state index contributed by atoms with van der Waals surface area (Å²) in [5, 5.41) is 3.28. The number of fused-ring (bicyclic) bond motifs is 4. The lowest BCUT2D eigenvalue weighted by molar-refractivity contribution is 0.0964. The number of halogens is 1. The monoisotopic (exact) mass is 428 g/mol. The van der Waals surface area contributed by atoms with E-state index in [9.17, 15) is 17.6 Å². The van der Waals surface area contributed by atoms with Gasteiger partial charge < -0.3 is 9.73 Å². The zero-order chi connectivity index (χ0) is 21.2. The molecule has 0 unspecified atom stereocenters. The van der Waals surface area contributed by atoms with Gasteiger partial charge in [0.2, 0.25) is 10.0 Å². The first-order valence-electron chi connectivity index (χ1n) is 9.84. The van der Waals surface area contributed by atoms with Crippen LogP contribution in [-0.2, 0) is 10.0 Å². The predicted molar refractivity (Wildman–Crippen MR) is 113 cm³/mol. The van der Waals surface area contributed by atoms with Gasteiger partial charge in [0.15, 0.2) is 0 Å². The molecule has 2 aliphatic rings. The maximum absolute atomic E-state index is 13.4. The molecule has 8 heteroatoms. The van der Waals surface area contributed by atoms with Gasteiger partial charge in [-0.15, -0.1) is 0 Å². The third kappa shape index (κ3) is 2.98. The van der Waals surface area contributed by atoms with E-state index in [4.69, 9.17) is 4.42 Å². The SMILES string of the molecule is CNC(=O)c1c(-c2ccc(F)cc2)oc2cc3c(cc12)[C@@H]1C[C@@H]1CCN3S(C)(=O)=O. The van der Waals surface area contributed by atoms with Crippen molar-refractivity contribution in [3.05, 3.63) is 53.3 Å². The van der Waals surface area contributed by atoms with Gasteiger partial charge in [0.05, 0.1) is 17.5 Å². The summed E-state index contributed by atoms with van der Waals surface area (Å²) < 4.78 is 45.8. The number of hydrogen-bond donors (Lipinski definition) is 1. The van der Waals surface area contributed by atoms with Gasteiger partial charge in [-0.05, 0) is 60.6 Å². The van der Waals surface area contributed by atoms with Crippen molar-refractivity contribution >= 4 is 32.6 Å². The van der Waals surface area contributed by atoms with Crippen LogP contribution >= 0.6 is 0 Å². The number of rotatable bonds is 3. The fourth-order valence-electron chi connectivity index (χ4n) is 4.51. The van der Waals surface area contributed by atoms with Gasteiger partial charge in [0.1, 0.15) is 17.2 Å². The highest BCUT2D eigenvalue weighted by Gasteiger charge is 2.44. The van der Waals surface area contributed by atoms with Gasteiger partial charge >= 0.3 is 0 Å². The molecule has 1 aliphatic carbocycles. The second kappa shape index (κ2) is 6.57. The Labute approximate surface area is 173 Å². The fraction of sp³-hybridized carbons (Fsp3) is 0.318. The summed E-state index contributed by atoms with van der Waals surface area (Å²) in [5.41, 5.74) is 2.93. The molecule has 6 nitrogen and oxygen atoms in total. The van der Waals surface area contributed by atoms with E-state index in [2.05, 4.69) is 5.32 Å². The minimum atomic E-state index is -3.44. The summed E-state index contributed by atoms with van der Waals surface area (Å²) in [5.74, 6) is 0.390. The molecular weight excluding hydrogens is 407 g/mol. The molecule has 2 aromatic carbocycles. The molecule has 1 fully saturated rings. The zero-order valence-electron chi connectivity index (χ0n) is 16.6. The van der Waals surface area contributed by atoms with E-state index in [0.29, 0.717) is 46.0 Å². The molecule has 0 radical (unpaired) electrons. The number of carbonyl (C=O) groups excluding carboxylic acids is 1. The summed E-state index contributed by atoms with van der Waals surface area (Å²) >= 11 is 0. The Balaban J connectivity index is 1.78. The molecule has 156 valence electrons. The number of anilines is 1. The average molecular weight is 428 g/mol. The van der Waals surface area contributed by atoms with Crippen LogP contribution in [0.3, 0.4) is 0 Å². The molecule has 0 spiro atoms. The molecule has 3 aromatic rings. The van der Waals surface area contributed by atoms with Gasteiger partial charge in [-0.1, -0.05) is 0 Å². The van der Waals surface area contributed by atoms with Crippen molar-refractivity contribution in [1.29, 1.82) is 0 Å². The number of carbonyl (C=O) groups is 1. The van der Waals surface area contributed by atoms with Crippen molar-refractivity contribution in [2.24, 2.45) is 5.92 Å². The van der Waals surface area contributed by atoms with Gasteiger partial charge in [-0.3, -0.25) is 9.10 Å². The molecule has 30 heavy (non-hydrogen) atoms. The Morgan fingerprint density at radius 2 is 1.97 bits per heavy atom. The number of amides is 1. The van der Waals surface area contributed by atoms with Crippen LogP contribution in [0.5, 0.6) is 0 Å². The molecule has 0 saturated heterocycles. The number of nitrogens with zero attached hydrogens (tertiary/aromatic N) is 1. The van der Waals surface area contributed by atoms with Crippen LogP contribution in [-0.4, -0.2) is 34.2 Å². The van der Waals surface area contributed by atoms with Crippen LogP contribution in [0.25, 0.3) is 22.3 Å². The summed E-state index contributed by atoms with van der Waals surface area (Å²) in [6.45, 7) is 0.437. The number of nitrogens with one attached hydrogen (secondary N) is 1.